The average molecular weight is 290 g/mol. The van der Waals surface area contributed by atoms with Crippen molar-refractivity contribution in [2.45, 2.75) is 13.3 Å². The van der Waals surface area contributed by atoms with E-state index >= 15 is 0 Å². The lowest BCUT2D eigenvalue weighted by molar-refractivity contribution is 0.0951. The maximum atomic E-state index is 12.0. The number of ether oxygens (including phenoxy) is 1. The summed E-state index contributed by atoms with van der Waals surface area (Å²) in [6, 6.07) is 7.61. The summed E-state index contributed by atoms with van der Waals surface area (Å²) in [6.45, 7) is 2.08. The van der Waals surface area contributed by atoms with Crippen LogP contribution in [-0.4, -0.2) is 24.3 Å². The van der Waals surface area contributed by atoms with E-state index in [-0.39, 0.29) is 5.56 Å². The fraction of sp³-hybridized carbons (Fsp3) is 0.333. The Bertz CT molecular complexity index is 700. The molecule has 6 heteroatoms. The molecule has 0 unspecified atom stereocenters. The van der Waals surface area contributed by atoms with E-state index in [0.29, 0.717) is 18.7 Å². The summed E-state index contributed by atoms with van der Waals surface area (Å²) in [5, 5.41) is 2.73. The van der Waals surface area contributed by atoms with Crippen LogP contribution in [0.1, 0.15) is 21.6 Å². The SMILES string of the molecule is COc1ccccc1CCNC(=O)c1c(C)n(C)oc1=O. The second-order valence-electron chi connectivity index (χ2n) is 4.65. The lowest BCUT2D eigenvalue weighted by Gasteiger charge is -2.08. The van der Waals surface area contributed by atoms with Crippen molar-refractivity contribution in [3.05, 3.63) is 51.5 Å². The summed E-state index contributed by atoms with van der Waals surface area (Å²) < 4.78 is 11.4. The Labute approximate surface area is 122 Å². The Hall–Kier alpha value is -2.50. The van der Waals surface area contributed by atoms with Crippen molar-refractivity contribution in [3.8, 4) is 5.75 Å². The van der Waals surface area contributed by atoms with E-state index < -0.39 is 11.5 Å². The van der Waals surface area contributed by atoms with E-state index in [1.54, 1.807) is 21.1 Å². The predicted octanol–water partition coefficient (Wildman–Crippen LogP) is 1.27. The number of methoxy groups -OCH3 is 1. The summed E-state index contributed by atoms with van der Waals surface area (Å²) in [4.78, 5) is 23.6. The molecule has 112 valence electrons. The molecule has 0 bridgehead atoms. The molecular formula is C15H18N2O4. The molecule has 6 nitrogen and oxygen atoms in total. The second kappa shape index (κ2) is 6.30. The fourth-order valence-electron chi connectivity index (χ4n) is 2.11. The van der Waals surface area contributed by atoms with Gasteiger partial charge in [0.1, 0.15) is 11.3 Å². The molecule has 1 aromatic heterocycles. The Morgan fingerprint density at radius 1 is 1.38 bits per heavy atom. The van der Waals surface area contributed by atoms with Gasteiger partial charge in [-0.2, -0.15) is 0 Å². The first-order valence-electron chi connectivity index (χ1n) is 6.61. The summed E-state index contributed by atoms with van der Waals surface area (Å²) in [5.74, 6) is 0.360. The minimum atomic E-state index is -0.621. The molecule has 2 aromatic rings. The van der Waals surface area contributed by atoms with E-state index in [1.165, 1.54) is 4.74 Å². The van der Waals surface area contributed by atoms with Gasteiger partial charge in [-0.15, -0.1) is 0 Å². The largest absolute Gasteiger partial charge is 0.496 e. The average Bonchev–Trinajstić information content (AvgIpc) is 2.72. The van der Waals surface area contributed by atoms with Crippen LogP contribution >= 0.6 is 0 Å². The number of amides is 1. The topological polar surface area (TPSA) is 73.5 Å². The number of hydrogen-bond acceptors (Lipinski definition) is 4. The van der Waals surface area contributed by atoms with Gasteiger partial charge in [-0.3, -0.25) is 4.79 Å². The smallest absolute Gasteiger partial charge is 0.370 e. The third kappa shape index (κ3) is 3.16. The van der Waals surface area contributed by atoms with Gasteiger partial charge in [0.25, 0.3) is 5.91 Å². The van der Waals surface area contributed by atoms with Gasteiger partial charge in [0.2, 0.25) is 0 Å². The highest BCUT2D eigenvalue weighted by Crippen LogP contribution is 2.17. The highest BCUT2D eigenvalue weighted by atomic mass is 16.5. The van der Waals surface area contributed by atoms with Crippen LogP contribution in [0.2, 0.25) is 0 Å². The van der Waals surface area contributed by atoms with Gasteiger partial charge in [0, 0.05) is 13.6 Å². The zero-order valence-electron chi connectivity index (χ0n) is 12.3. The predicted molar refractivity (Wildman–Crippen MR) is 77.7 cm³/mol. The van der Waals surface area contributed by atoms with Crippen molar-refractivity contribution in [3.63, 3.8) is 0 Å². The summed E-state index contributed by atoms with van der Waals surface area (Å²) >= 11 is 0. The number of hydrogen-bond donors (Lipinski definition) is 1. The number of rotatable bonds is 5. The van der Waals surface area contributed by atoms with Crippen LogP contribution in [0.3, 0.4) is 0 Å². The van der Waals surface area contributed by atoms with E-state index in [2.05, 4.69) is 5.32 Å². The minimum Gasteiger partial charge on any atom is -0.496 e. The number of carbonyl (C=O) groups excluding carboxylic acids is 1. The van der Waals surface area contributed by atoms with Crippen LogP contribution in [0.15, 0.2) is 33.6 Å². The molecule has 0 radical (unpaired) electrons. The number of aryl methyl sites for hydroxylation is 1. The summed E-state index contributed by atoms with van der Waals surface area (Å²) in [5.41, 5.74) is 0.939. The molecule has 1 heterocycles. The monoisotopic (exact) mass is 290 g/mol. The van der Waals surface area contributed by atoms with Crippen molar-refractivity contribution in [2.24, 2.45) is 7.05 Å². The second-order valence-corrected chi connectivity index (χ2v) is 4.65. The van der Waals surface area contributed by atoms with Gasteiger partial charge in [-0.1, -0.05) is 18.2 Å². The first kappa shape index (κ1) is 14.9. The van der Waals surface area contributed by atoms with Crippen molar-refractivity contribution in [2.75, 3.05) is 13.7 Å². The maximum Gasteiger partial charge on any atom is 0.370 e. The van der Waals surface area contributed by atoms with Gasteiger partial charge in [0.05, 0.1) is 12.8 Å². The molecule has 0 atom stereocenters. The van der Waals surface area contributed by atoms with Gasteiger partial charge < -0.3 is 14.6 Å². The van der Waals surface area contributed by atoms with E-state index in [1.807, 2.05) is 24.3 Å². The van der Waals surface area contributed by atoms with E-state index in [9.17, 15) is 9.59 Å². The molecule has 1 aromatic carbocycles. The number of para-hydroxylation sites is 1. The van der Waals surface area contributed by atoms with Crippen molar-refractivity contribution < 1.29 is 14.1 Å². The molecule has 2 rings (SSSR count). The molecule has 0 aliphatic carbocycles. The van der Waals surface area contributed by atoms with Crippen LogP contribution in [0.25, 0.3) is 0 Å². The highest BCUT2D eigenvalue weighted by molar-refractivity contribution is 5.94. The van der Waals surface area contributed by atoms with E-state index in [4.69, 9.17) is 9.26 Å². The van der Waals surface area contributed by atoms with Gasteiger partial charge in [0.15, 0.2) is 0 Å². The number of nitrogens with zero attached hydrogens (tertiary/aromatic N) is 1. The summed E-state index contributed by atoms with van der Waals surface area (Å²) in [6.07, 6.45) is 0.618. The molecule has 0 aliphatic rings. The standard InChI is InChI=1S/C15H18N2O4/c1-10-13(15(19)21-17(10)2)14(18)16-9-8-11-6-4-5-7-12(11)20-3/h4-7H,8-9H2,1-3H3,(H,16,18). The number of carbonyl (C=O) groups is 1. The molecular weight excluding hydrogens is 272 g/mol. The lowest BCUT2D eigenvalue weighted by Crippen LogP contribution is -2.29. The quantitative estimate of drug-likeness (QED) is 0.900. The molecule has 0 spiro atoms. The third-order valence-corrected chi connectivity index (χ3v) is 3.36. The van der Waals surface area contributed by atoms with Gasteiger partial charge in [-0.25, -0.2) is 9.53 Å². The summed E-state index contributed by atoms with van der Waals surface area (Å²) in [7, 11) is 3.19. The lowest BCUT2D eigenvalue weighted by atomic mass is 10.1. The molecule has 0 saturated carbocycles. The number of aromatic nitrogens is 1. The fourth-order valence-corrected chi connectivity index (χ4v) is 2.11. The van der Waals surface area contributed by atoms with E-state index in [0.717, 1.165) is 11.3 Å². The Kier molecular flexibility index (Phi) is 4.47. The van der Waals surface area contributed by atoms with Crippen LogP contribution in [-0.2, 0) is 13.5 Å². The number of nitrogens with one attached hydrogen (secondary N) is 1. The molecule has 1 amide bonds. The van der Waals surface area contributed by atoms with Crippen LogP contribution in [0.5, 0.6) is 5.75 Å². The zero-order valence-corrected chi connectivity index (χ0v) is 12.3. The molecule has 0 fully saturated rings. The number of benzene rings is 1. The molecule has 21 heavy (non-hydrogen) atoms. The first-order chi connectivity index (χ1) is 10.0. The van der Waals surface area contributed by atoms with Crippen LogP contribution in [0.4, 0.5) is 0 Å². The Morgan fingerprint density at radius 3 is 2.71 bits per heavy atom. The minimum absolute atomic E-state index is 0.0533. The first-order valence-corrected chi connectivity index (χ1v) is 6.61. The molecule has 1 N–H and O–H groups in total. The molecule has 0 aliphatic heterocycles. The van der Waals surface area contributed by atoms with Crippen molar-refractivity contribution in [1.82, 2.24) is 10.1 Å². The highest BCUT2D eigenvalue weighted by Gasteiger charge is 2.19. The van der Waals surface area contributed by atoms with Crippen LogP contribution < -0.4 is 15.7 Å². The normalized spacial score (nSPS) is 10.4. The maximum absolute atomic E-state index is 12.0. The van der Waals surface area contributed by atoms with Crippen molar-refractivity contribution >= 4 is 5.91 Å². The Balaban J connectivity index is 2.00. The molecule has 0 saturated heterocycles. The Morgan fingerprint density at radius 2 is 2.10 bits per heavy atom. The third-order valence-electron chi connectivity index (χ3n) is 3.36. The van der Waals surface area contributed by atoms with Crippen molar-refractivity contribution in [1.29, 1.82) is 0 Å². The van der Waals surface area contributed by atoms with Gasteiger partial charge in [-0.05, 0) is 25.0 Å². The zero-order chi connectivity index (χ0) is 15.4. The van der Waals surface area contributed by atoms with Crippen LogP contribution in [0, 0.1) is 6.92 Å². The van der Waals surface area contributed by atoms with Gasteiger partial charge >= 0.3 is 5.63 Å².